The zero-order valence-corrected chi connectivity index (χ0v) is 15.9. The lowest BCUT2D eigenvalue weighted by Crippen LogP contribution is -2.47. The Labute approximate surface area is 156 Å². The van der Waals surface area contributed by atoms with Gasteiger partial charge < -0.3 is 19.9 Å². The van der Waals surface area contributed by atoms with Crippen molar-refractivity contribution in [1.82, 2.24) is 20.8 Å². The van der Waals surface area contributed by atoms with Crippen molar-refractivity contribution in [3.05, 3.63) is 36.0 Å². The number of aromatic nitrogens is 2. The molecule has 0 aliphatic rings. The van der Waals surface area contributed by atoms with Gasteiger partial charge in [0.2, 0.25) is 17.6 Å². The molecule has 0 saturated heterocycles. The molecular formula is C18H23FN4O4. The van der Waals surface area contributed by atoms with Gasteiger partial charge in [-0.1, -0.05) is 5.16 Å². The molecule has 0 aliphatic carbocycles. The van der Waals surface area contributed by atoms with Crippen LogP contribution >= 0.6 is 0 Å². The van der Waals surface area contributed by atoms with Gasteiger partial charge in [-0.05, 0) is 58.9 Å². The minimum absolute atomic E-state index is 0.187. The predicted molar refractivity (Wildman–Crippen MR) is 95.1 cm³/mol. The highest BCUT2D eigenvalue weighted by Gasteiger charge is 2.24. The lowest BCUT2D eigenvalue weighted by molar-refractivity contribution is -0.123. The number of carbonyl (C=O) groups excluding carboxylic acids is 2. The Hall–Kier alpha value is -2.97. The third kappa shape index (κ3) is 6.05. The fourth-order valence-corrected chi connectivity index (χ4v) is 2.08. The second-order valence-corrected chi connectivity index (χ2v) is 7.06. The summed E-state index contributed by atoms with van der Waals surface area (Å²) in [6.07, 6.45) is -0.686. The molecule has 1 heterocycles. The maximum absolute atomic E-state index is 13.0. The van der Waals surface area contributed by atoms with E-state index in [-0.39, 0.29) is 17.5 Å². The van der Waals surface area contributed by atoms with Crippen molar-refractivity contribution < 1.29 is 23.2 Å². The molecule has 0 bridgehead atoms. The molecule has 2 rings (SSSR count). The van der Waals surface area contributed by atoms with Crippen LogP contribution in [0.15, 0.2) is 28.8 Å². The second-order valence-electron chi connectivity index (χ2n) is 7.06. The molecule has 2 aromatic rings. The molecule has 0 fully saturated rings. The van der Waals surface area contributed by atoms with Crippen molar-refractivity contribution in [3.63, 3.8) is 0 Å². The van der Waals surface area contributed by atoms with Gasteiger partial charge in [-0.25, -0.2) is 9.18 Å². The molecule has 146 valence electrons. The number of halogens is 1. The first-order valence-corrected chi connectivity index (χ1v) is 8.44. The highest BCUT2D eigenvalue weighted by Crippen LogP contribution is 2.19. The number of hydrogen-bond donors (Lipinski definition) is 2. The topological polar surface area (TPSA) is 106 Å². The van der Waals surface area contributed by atoms with E-state index in [1.54, 1.807) is 27.7 Å². The van der Waals surface area contributed by atoms with Crippen LogP contribution in [-0.4, -0.2) is 33.8 Å². The van der Waals surface area contributed by atoms with E-state index in [1.807, 2.05) is 0 Å². The molecule has 27 heavy (non-hydrogen) atoms. The minimum Gasteiger partial charge on any atom is -0.444 e. The van der Waals surface area contributed by atoms with Gasteiger partial charge in [-0.3, -0.25) is 4.79 Å². The van der Waals surface area contributed by atoms with Crippen LogP contribution in [0.25, 0.3) is 11.4 Å². The summed E-state index contributed by atoms with van der Waals surface area (Å²) in [6.45, 7) is 8.39. The zero-order chi connectivity index (χ0) is 20.2. The SMILES string of the molecule is CC(NC(=O)OC(C)(C)C)C(=O)NC(C)c1nc(-c2ccc(F)cc2)no1. The largest absolute Gasteiger partial charge is 0.444 e. The van der Waals surface area contributed by atoms with Crippen molar-refractivity contribution in [2.45, 2.75) is 52.3 Å². The van der Waals surface area contributed by atoms with E-state index in [1.165, 1.54) is 31.2 Å². The molecule has 0 radical (unpaired) electrons. The van der Waals surface area contributed by atoms with Crippen LogP contribution in [-0.2, 0) is 9.53 Å². The molecule has 2 N–H and O–H groups in total. The monoisotopic (exact) mass is 378 g/mol. The summed E-state index contributed by atoms with van der Waals surface area (Å²) in [4.78, 5) is 28.2. The summed E-state index contributed by atoms with van der Waals surface area (Å²) in [5, 5.41) is 8.95. The number of benzene rings is 1. The Bertz CT molecular complexity index is 798. The van der Waals surface area contributed by atoms with E-state index >= 15 is 0 Å². The lowest BCUT2D eigenvalue weighted by Gasteiger charge is -2.22. The summed E-state index contributed by atoms with van der Waals surface area (Å²) in [6, 6.07) is 4.24. The fraction of sp³-hybridized carbons (Fsp3) is 0.444. The molecule has 1 aromatic heterocycles. The number of carbonyl (C=O) groups is 2. The number of nitrogens with zero attached hydrogens (tertiary/aromatic N) is 2. The van der Waals surface area contributed by atoms with Crippen molar-refractivity contribution in [2.24, 2.45) is 0 Å². The molecule has 9 heteroatoms. The van der Waals surface area contributed by atoms with Crippen LogP contribution in [0.1, 0.15) is 46.6 Å². The van der Waals surface area contributed by atoms with Crippen LogP contribution in [0.5, 0.6) is 0 Å². The molecule has 0 spiro atoms. The van der Waals surface area contributed by atoms with E-state index in [0.717, 1.165) is 0 Å². The third-order valence-corrected chi connectivity index (χ3v) is 3.40. The summed E-state index contributed by atoms with van der Waals surface area (Å²) in [7, 11) is 0. The molecular weight excluding hydrogens is 355 g/mol. The van der Waals surface area contributed by atoms with Crippen molar-refractivity contribution in [1.29, 1.82) is 0 Å². The van der Waals surface area contributed by atoms with Gasteiger partial charge in [0.05, 0.1) is 0 Å². The van der Waals surface area contributed by atoms with E-state index in [0.29, 0.717) is 5.56 Å². The summed E-state index contributed by atoms with van der Waals surface area (Å²) < 4.78 is 23.3. The number of hydrogen-bond acceptors (Lipinski definition) is 6. The van der Waals surface area contributed by atoms with Crippen LogP contribution < -0.4 is 10.6 Å². The van der Waals surface area contributed by atoms with Crippen LogP contribution in [0, 0.1) is 5.82 Å². The first kappa shape index (κ1) is 20.3. The first-order valence-electron chi connectivity index (χ1n) is 8.44. The zero-order valence-electron chi connectivity index (χ0n) is 15.9. The molecule has 2 amide bonds. The smallest absolute Gasteiger partial charge is 0.408 e. The minimum atomic E-state index is -0.818. The normalized spacial score (nSPS) is 13.6. The van der Waals surface area contributed by atoms with E-state index in [2.05, 4.69) is 20.8 Å². The predicted octanol–water partition coefficient (Wildman–Crippen LogP) is 2.97. The van der Waals surface area contributed by atoms with Crippen molar-refractivity contribution in [2.75, 3.05) is 0 Å². The highest BCUT2D eigenvalue weighted by atomic mass is 19.1. The standard InChI is InChI=1S/C18H23FN4O4/c1-10(21-17(25)26-18(3,4)5)15(24)20-11(2)16-22-14(23-27-16)12-6-8-13(19)9-7-12/h6-11H,1-5H3,(H,20,24)(H,21,25). The third-order valence-electron chi connectivity index (χ3n) is 3.40. The first-order chi connectivity index (χ1) is 12.5. The number of alkyl carbamates (subject to hydrolysis) is 1. The average Bonchev–Trinajstić information content (AvgIpc) is 3.03. The van der Waals surface area contributed by atoms with Gasteiger partial charge in [-0.15, -0.1) is 0 Å². The lowest BCUT2D eigenvalue weighted by atomic mass is 10.2. The summed E-state index contributed by atoms with van der Waals surface area (Å²) in [5.41, 5.74) is -0.0708. The number of ether oxygens (including phenoxy) is 1. The Balaban J connectivity index is 1.94. The molecule has 1 aromatic carbocycles. The van der Waals surface area contributed by atoms with E-state index < -0.39 is 29.7 Å². The molecule has 0 aliphatic heterocycles. The maximum Gasteiger partial charge on any atom is 0.408 e. The van der Waals surface area contributed by atoms with Crippen LogP contribution in [0.4, 0.5) is 9.18 Å². The van der Waals surface area contributed by atoms with Crippen LogP contribution in [0.2, 0.25) is 0 Å². The number of rotatable bonds is 5. The van der Waals surface area contributed by atoms with Gasteiger partial charge >= 0.3 is 6.09 Å². The summed E-state index contributed by atoms with van der Waals surface area (Å²) in [5.74, 6) is -0.331. The second kappa shape index (κ2) is 8.15. The number of nitrogens with one attached hydrogen (secondary N) is 2. The maximum atomic E-state index is 13.0. The number of amides is 2. The van der Waals surface area contributed by atoms with E-state index in [9.17, 15) is 14.0 Å². The highest BCUT2D eigenvalue weighted by molar-refractivity contribution is 5.85. The Morgan fingerprint density at radius 3 is 2.37 bits per heavy atom. The van der Waals surface area contributed by atoms with Gasteiger partial charge in [-0.2, -0.15) is 4.98 Å². The Morgan fingerprint density at radius 2 is 1.78 bits per heavy atom. The van der Waals surface area contributed by atoms with Gasteiger partial charge in [0, 0.05) is 5.56 Å². The molecule has 2 atom stereocenters. The molecule has 8 nitrogen and oxygen atoms in total. The quantitative estimate of drug-likeness (QED) is 0.828. The van der Waals surface area contributed by atoms with E-state index in [4.69, 9.17) is 9.26 Å². The Kier molecular flexibility index (Phi) is 6.14. The average molecular weight is 378 g/mol. The fourth-order valence-electron chi connectivity index (χ4n) is 2.08. The van der Waals surface area contributed by atoms with Crippen molar-refractivity contribution in [3.8, 4) is 11.4 Å². The van der Waals surface area contributed by atoms with Gasteiger partial charge in [0.25, 0.3) is 0 Å². The van der Waals surface area contributed by atoms with Crippen LogP contribution in [0.3, 0.4) is 0 Å². The molecule has 0 saturated carbocycles. The van der Waals surface area contributed by atoms with Crippen molar-refractivity contribution >= 4 is 12.0 Å². The Morgan fingerprint density at radius 1 is 1.15 bits per heavy atom. The summed E-state index contributed by atoms with van der Waals surface area (Å²) >= 11 is 0. The van der Waals surface area contributed by atoms with Gasteiger partial charge in [0.15, 0.2) is 0 Å². The molecule has 2 unspecified atom stereocenters. The van der Waals surface area contributed by atoms with Gasteiger partial charge in [0.1, 0.15) is 23.5 Å².